The van der Waals surface area contributed by atoms with Gasteiger partial charge in [0.1, 0.15) is 0 Å². The quantitative estimate of drug-likeness (QED) is 0.572. The number of β-amino-alcohol motifs (C(OH)–C–C–N with tert-alkyl or cyclic N) is 1. The molecule has 0 aliphatic carbocycles. The summed E-state index contributed by atoms with van der Waals surface area (Å²) in [6.45, 7) is 5.45. The molecule has 0 aromatic rings. The summed E-state index contributed by atoms with van der Waals surface area (Å²) >= 11 is 0. The number of carbonyl (C=O) groups excluding carboxylic acids is 1. The van der Waals surface area contributed by atoms with Crippen molar-refractivity contribution >= 4 is 5.91 Å². The van der Waals surface area contributed by atoms with Gasteiger partial charge in [-0.2, -0.15) is 0 Å². The highest BCUT2D eigenvalue weighted by Crippen LogP contribution is 2.03. The van der Waals surface area contributed by atoms with Gasteiger partial charge in [-0.3, -0.25) is 9.69 Å². The zero-order valence-electron chi connectivity index (χ0n) is 7.58. The highest BCUT2D eigenvalue weighted by molar-refractivity contribution is 5.78. The van der Waals surface area contributed by atoms with Crippen LogP contribution in [0.25, 0.3) is 0 Å². The molecular formula is C8H16N2O2. The van der Waals surface area contributed by atoms with Crippen molar-refractivity contribution in [2.24, 2.45) is 0 Å². The number of piperazine rings is 1. The Kier molecular flexibility index (Phi) is 3.05. The molecular weight excluding hydrogens is 156 g/mol. The molecule has 2 atom stereocenters. The summed E-state index contributed by atoms with van der Waals surface area (Å²) in [5.74, 6) is 0.0498. The maximum Gasteiger partial charge on any atom is 0.234 e. The van der Waals surface area contributed by atoms with E-state index in [0.717, 1.165) is 0 Å². The number of nitrogens with one attached hydrogen (secondary N) is 1. The summed E-state index contributed by atoms with van der Waals surface area (Å²) in [6, 6.07) is 0.331. The topological polar surface area (TPSA) is 52.6 Å². The summed E-state index contributed by atoms with van der Waals surface area (Å²) in [5.41, 5.74) is 0. The largest absolute Gasteiger partial charge is 0.392 e. The third-order valence-electron chi connectivity index (χ3n) is 2.06. The lowest BCUT2D eigenvalue weighted by Gasteiger charge is -2.33. The third-order valence-corrected chi connectivity index (χ3v) is 2.06. The van der Waals surface area contributed by atoms with Crippen LogP contribution in [0.2, 0.25) is 0 Å². The molecule has 0 radical (unpaired) electrons. The lowest BCUT2D eigenvalue weighted by Crippen LogP contribution is -2.54. The lowest BCUT2D eigenvalue weighted by atomic mass is 10.2. The zero-order chi connectivity index (χ0) is 9.14. The van der Waals surface area contributed by atoms with Gasteiger partial charge in [-0.1, -0.05) is 0 Å². The van der Waals surface area contributed by atoms with E-state index in [4.69, 9.17) is 5.11 Å². The minimum absolute atomic E-state index is 0.0498. The van der Waals surface area contributed by atoms with Crippen LogP contribution in [0.5, 0.6) is 0 Å². The minimum Gasteiger partial charge on any atom is -0.392 e. The fourth-order valence-electron chi connectivity index (χ4n) is 1.37. The average Bonchev–Trinajstić information content (AvgIpc) is 1.96. The monoisotopic (exact) mass is 172 g/mol. The van der Waals surface area contributed by atoms with Crippen LogP contribution in [0.4, 0.5) is 0 Å². The van der Waals surface area contributed by atoms with Crippen LogP contribution in [-0.2, 0) is 4.79 Å². The molecule has 70 valence electrons. The van der Waals surface area contributed by atoms with Gasteiger partial charge in [0.15, 0.2) is 0 Å². The zero-order valence-corrected chi connectivity index (χ0v) is 7.58. The second kappa shape index (κ2) is 3.87. The molecule has 1 fully saturated rings. The van der Waals surface area contributed by atoms with Crippen LogP contribution in [0, 0.1) is 0 Å². The average molecular weight is 172 g/mol. The van der Waals surface area contributed by atoms with Crippen molar-refractivity contribution in [1.82, 2.24) is 10.2 Å². The smallest absolute Gasteiger partial charge is 0.234 e. The maximum atomic E-state index is 11.0. The SMILES string of the molecule is CC(O)CN1CC(=O)NCC1C. The van der Waals surface area contributed by atoms with Gasteiger partial charge in [-0.25, -0.2) is 0 Å². The number of aliphatic hydroxyl groups is 1. The number of hydrogen-bond donors (Lipinski definition) is 2. The standard InChI is InChI=1S/C8H16N2O2/c1-6-3-9-8(12)5-10(6)4-7(2)11/h6-7,11H,3-5H2,1-2H3,(H,9,12). The minimum atomic E-state index is -0.363. The van der Waals surface area contributed by atoms with Crippen LogP contribution < -0.4 is 5.32 Å². The molecule has 4 heteroatoms. The molecule has 12 heavy (non-hydrogen) atoms. The first-order chi connectivity index (χ1) is 5.59. The number of carbonyl (C=O) groups is 1. The predicted octanol–water partition coefficient (Wildman–Crippen LogP) is -0.812. The number of aliphatic hydroxyl groups excluding tert-OH is 1. The summed E-state index contributed by atoms with van der Waals surface area (Å²) in [5, 5.41) is 11.9. The fourth-order valence-corrected chi connectivity index (χ4v) is 1.37. The molecule has 1 heterocycles. The number of hydrogen-bond acceptors (Lipinski definition) is 3. The molecule has 0 aromatic carbocycles. The van der Waals surface area contributed by atoms with Crippen LogP contribution in [0.3, 0.4) is 0 Å². The molecule has 0 spiro atoms. The Morgan fingerprint density at radius 2 is 2.50 bits per heavy atom. The van der Waals surface area contributed by atoms with Gasteiger partial charge < -0.3 is 10.4 Å². The molecule has 0 aromatic heterocycles. The van der Waals surface area contributed by atoms with Crippen LogP contribution in [0.15, 0.2) is 0 Å². The van der Waals surface area contributed by atoms with E-state index >= 15 is 0 Å². The first-order valence-corrected chi connectivity index (χ1v) is 4.28. The molecule has 4 nitrogen and oxygen atoms in total. The van der Waals surface area contributed by atoms with Gasteiger partial charge in [-0.15, -0.1) is 0 Å². The lowest BCUT2D eigenvalue weighted by molar-refractivity contribution is -0.125. The first-order valence-electron chi connectivity index (χ1n) is 4.28. The van der Waals surface area contributed by atoms with Crippen molar-refractivity contribution in [2.45, 2.75) is 26.0 Å². The Morgan fingerprint density at radius 3 is 3.08 bits per heavy atom. The molecule has 1 aliphatic heterocycles. The van der Waals surface area contributed by atoms with E-state index in [0.29, 0.717) is 25.7 Å². The van der Waals surface area contributed by atoms with Gasteiger partial charge in [0, 0.05) is 19.1 Å². The second-order valence-corrected chi connectivity index (χ2v) is 3.43. The van der Waals surface area contributed by atoms with Crippen LogP contribution in [-0.4, -0.2) is 47.7 Å². The molecule has 1 rings (SSSR count). The van der Waals surface area contributed by atoms with E-state index in [1.165, 1.54) is 0 Å². The molecule has 1 saturated heterocycles. The summed E-state index contributed by atoms with van der Waals surface area (Å²) in [7, 11) is 0. The van der Waals surface area contributed by atoms with Gasteiger partial charge in [-0.05, 0) is 13.8 Å². The summed E-state index contributed by atoms with van der Waals surface area (Å²) < 4.78 is 0. The van der Waals surface area contributed by atoms with Crippen LogP contribution in [0.1, 0.15) is 13.8 Å². The first kappa shape index (κ1) is 9.48. The maximum absolute atomic E-state index is 11.0. The number of rotatable bonds is 2. The Morgan fingerprint density at radius 1 is 1.83 bits per heavy atom. The number of amides is 1. The van der Waals surface area contributed by atoms with Crippen molar-refractivity contribution in [3.05, 3.63) is 0 Å². The predicted molar refractivity (Wildman–Crippen MR) is 45.7 cm³/mol. The van der Waals surface area contributed by atoms with Gasteiger partial charge in [0.25, 0.3) is 0 Å². The summed E-state index contributed by atoms with van der Waals surface area (Å²) in [4.78, 5) is 13.0. The summed E-state index contributed by atoms with van der Waals surface area (Å²) in [6.07, 6.45) is -0.363. The molecule has 0 bridgehead atoms. The molecule has 1 aliphatic rings. The third kappa shape index (κ3) is 2.46. The Balaban J connectivity index is 2.43. The normalized spacial score (nSPS) is 28.2. The van der Waals surface area contributed by atoms with Crippen molar-refractivity contribution in [2.75, 3.05) is 19.6 Å². The van der Waals surface area contributed by atoms with Gasteiger partial charge in [0.05, 0.1) is 12.6 Å². The molecule has 2 N–H and O–H groups in total. The van der Waals surface area contributed by atoms with E-state index < -0.39 is 0 Å². The Labute approximate surface area is 72.6 Å². The van der Waals surface area contributed by atoms with E-state index in [1.807, 2.05) is 11.8 Å². The number of nitrogens with zero attached hydrogens (tertiary/aromatic N) is 1. The van der Waals surface area contributed by atoms with Crippen molar-refractivity contribution < 1.29 is 9.90 Å². The fraction of sp³-hybridized carbons (Fsp3) is 0.875. The van der Waals surface area contributed by atoms with Crippen LogP contribution >= 0.6 is 0 Å². The second-order valence-electron chi connectivity index (χ2n) is 3.43. The Bertz CT molecular complexity index is 170. The molecule has 0 saturated carbocycles. The molecule has 2 unspecified atom stereocenters. The van der Waals surface area contributed by atoms with E-state index in [2.05, 4.69) is 5.32 Å². The van der Waals surface area contributed by atoms with Crippen molar-refractivity contribution in [3.63, 3.8) is 0 Å². The Hall–Kier alpha value is -0.610. The highest BCUT2D eigenvalue weighted by Gasteiger charge is 2.23. The van der Waals surface area contributed by atoms with E-state index in [9.17, 15) is 4.79 Å². The van der Waals surface area contributed by atoms with Gasteiger partial charge in [0.2, 0.25) is 5.91 Å². The van der Waals surface area contributed by atoms with Crippen molar-refractivity contribution in [1.29, 1.82) is 0 Å². The van der Waals surface area contributed by atoms with E-state index in [1.54, 1.807) is 6.92 Å². The highest BCUT2D eigenvalue weighted by atomic mass is 16.3. The van der Waals surface area contributed by atoms with Gasteiger partial charge >= 0.3 is 0 Å². The van der Waals surface area contributed by atoms with Crippen molar-refractivity contribution in [3.8, 4) is 0 Å². The van der Waals surface area contributed by atoms with E-state index in [-0.39, 0.29) is 12.0 Å². The molecule has 1 amide bonds.